The Kier molecular flexibility index (Phi) is 7.07. The molecule has 28 heavy (non-hydrogen) atoms. The van der Waals surface area contributed by atoms with Crippen molar-refractivity contribution in [3.8, 4) is 0 Å². The Morgan fingerprint density at radius 2 is 1.79 bits per heavy atom. The summed E-state index contributed by atoms with van der Waals surface area (Å²) in [4.78, 5) is 12.1. The highest BCUT2D eigenvalue weighted by atomic mass is 35.5. The zero-order valence-electron chi connectivity index (χ0n) is 15.4. The molecular weight excluding hydrogens is 400 g/mol. The zero-order valence-corrected chi connectivity index (χ0v) is 17.0. The summed E-state index contributed by atoms with van der Waals surface area (Å²) >= 11 is 6.14. The molecule has 1 heterocycles. The number of rotatable bonds is 7. The second-order valence-corrected chi connectivity index (χ2v) is 8.95. The van der Waals surface area contributed by atoms with Crippen molar-refractivity contribution in [1.82, 2.24) is 4.31 Å². The third kappa shape index (κ3) is 5.32. The van der Waals surface area contributed by atoms with Gasteiger partial charge in [-0.05, 0) is 36.6 Å². The summed E-state index contributed by atoms with van der Waals surface area (Å²) in [6.45, 7) is 1.17. The fourth-order valence-corrected chi connectivity index (χ4v) is 5.07. The summed E-state index contributed by atoms with van der Waals surface area (Å²) in [6.07, 6.45) is 2.71. The van der Waals surface area contributed by atoms with E-state index in [4.69, 9.17) is 16.3 Å². The molecular formula is C20H23ClN2O4S. The van der Waals surface area contributed by atoms with Crippen LogP contribution in [0, 0.1) is 0 Å². The van der Waals surface area contributed by atoms with Gasteiger partial charge in [-0.15, -0.1) is 0 Å². The molecule has 150 valence electrons. The van der Waals surface area contributed by atoms with Crippen LogP contribution in [-0.4, -0.2) is 38.3 Å². The van der Waals surface area contributed by atoms with E-state index in [-0.39, 0.29) is 22.4 Å². The molecule has 0 aromatic heterocycles. The first-order valence-electron chi connectivity index (χ1n) is 9.18. The lowest BCUT2D eigenvalue weighted by Crippen LogP contribution is -2.35. The number of carbonyl (C=O) groups is 1. The topological polar surface area (TPSA) is 75.7 Å². The predicted octanol–water partition coefficient (Wildman–Crippen LogP) is 3.67. The summed E-state index contributed by atoms with van der Waals surface area (Å²) in [6, 6.07) is 14.0. The van der Waals surface area contributed by atoms with Crippen molar-refractivity contribution in [3.05, 3.63) is 59.1 Å². The van der Waals surface area contributed by atoms with Crippen molar-refractivity contribution >= 4 is 33.2 Å². The number of benzene rings is 2. The summed E-state index contributed by atoms with van der Waals surface area (Å²) in [5, 5.41) is 2.81. The average molecular weight is 423 g/mol. The molecule has 0 bridgehead atoms. The van der Waals surface area contributed by atoms with Crippen LogP contribution in [0.4, 0.5) is 5.69 Å². The Morgan fingerprint density at radius 1 is 1.07 bits per heavy atom. The molecule has 1 saturated heterocycles. The van der Waals surface area contributed by atoms with Gasteiger partial charge in [-0.1, -0.05) is 48.4 Å². The molecule has 6 nitrogen and oxygen atoms in total. The molecule has 1 aliphatic rings. The Balaban J connectivity index is 1.63. The number of halogens is 1. The van der Waals surface area contributed by atoms with Crippen molar-refractivity contribution in [2.24, 2.45) is 0 Å². The lowest BCUT2D eigenvalue weighted by atomic mass is 10.2. The molecule has 8 heteroatoms. The first-order chi connectivity index (χ1) is 13.5. The molecule has 0 spiro atoms. The summed E-state index contributed by atoms with van der Waals surface area (Å²) in [7, 11) is -3.69. The number of hydrogen-bond donors (Lipinski definition) is 1. The zero-order chi connectivity index (χ0) is 20.0. The molecule has 2 aromatic rings. The quantitative estimate of drug-likeness (QED) is 0.738. The van der Waals surface area contributed by atoms with Gasteiger partial charge in [-0.25, -0.2) is 8.42 Å². The fourth-order valence-electron chi connectivity index (χ4n) is 3.06. The van der Waals surface area contributed by atoms with Crippen LogP contribution in [0.15, 0.2) is 53.4 Å². The minimum Gasteiger partial charge on any atom is -0.367 e. The lowest BCUT2D eigenvalue weighted by Gasteiger charge is -2.26. The number of nitrogens with zero attached hydrogens (tertiary/aromatic N) is 1. The minimum absolute atomic E-state index is 0.0130. The van der Waals surface area contributed by atoms with Gasteiger partial charge in [0.05, 0.1) is 11.6 Å². The smallest absolute Gasteiger partial charge is 0.250 e. The maximum Gasteiger partial charge on any atom is 0.250 e. The van der Waals surface area contributed by atoms with Gasteiger partial charge in [0, 0.05) is 18.8 Å². The standard InChI is InChI=1S/C20H23ClN2O4S/c21-18-10-9-17(13-19(18)28(25,26)23-11-5-2-6-12-23)22-20(24)15-27-14-16-7-3-1-4-8-16/h1,3-4,7-10,13H,2,5-6,11-12,14-15H2,(H,22,24). The molecule has 0 saturated carbocycles. The van der Waals surface area contributed by atoms with Crippen LogP contribution in [-0.2, 0) is 26.2 Å². The molecule has 3 rings (SSSR count). The number of nitrogens with one attached hydrogen (secondary N) is 1. The first kappa shape index (κ1) is 20.8. The van der Waals surface area contributed by atoms with Gasteiger partial charge in [0.1, 0.15) is 11.5 Å². The number of hydrogen-bond acceptors (Lipinski definition) is 4. The van der Waals surface area contributed by atoms with Crippen molar-refractivity contribution in [2.75, 3.05) is 25.0 Å². The van der Waals surface area contributed by atoms with Crippen LogP contribution in [0.1, 0.15) is 24.8 Å². The van der Waals surface area contributed by atoms with Crippen LogP contribution >= 0.6 is 11.6 Å². The number of amides is 1. The van der Waals surface area contributed by atoms with Crippen LogP contribution in [0.5, 0.6) is 0 Å². The largest absolute Gasteiger partial charge is 0.367 e. The Morgan fingerprint density at radius 3 is 2.50 bits per heavy atom. The monoisotopic (exact) mass is 422 g/mol. The number of sulfonamides is 1. The SMILES string of the molecule is O=C(COCc1ccccc1)Nc1ccc(Cl)c(S(=O)(=O)N2CCCCC2)c1. The summed E-state index contributed by atoms with van der Waals surface area (Å²) < 4.78 is 32.6. The number of anilines is 1. The number of piperidine rings is 1. The van der Waals surface area contributed by atoms with E-state index in [0.717, 1.165) is 24.8 Å². The van der Waals surface area contributed by atoms with Gasteiger partial charge in [0.25, 0.3) is 0 Å². The second-order valence-electron chi connectivity index (χ2n) is 6.64. The Labute approximate surface area is 170 Å². The van der Waals surface area contributed by atoms with Gasteiger partial charge >= 0.3 is 0 Å². The highest BCUT2D eigenvalue weighted by Gasteiger charge is 2.28. The average Bonchev–Trinajstić information content (AvgIpc) is 2.71. The van der Waals surface area contributed by atoms with E-state index in [0.29, 0.717) is 25.4 Å². The summed E-state index contributed by atoms with van der Waals surface area (Å²) in [5.74, 6) is -0.362. The third-order valence-corrected chi connectivity index (χ3v) is 6.87. The maximum atomic E-state index is 12.9. The fraction of sp³-hybridized carbons (Fsp3) is 0.350. The van der Waals surface area contributed by atoms with Gasteiger partial charge in [-0.2, -0.15) is 4.31 Å². The Hall–Kier alpha value is -1.93. The van der Waals surface area contributed by atoms with E-state index in [1.807, 2.05) is 30.3 Å². The van der Waals surface area contributed by atoms with Gasteiger partial charge in [-0.3, -0.25) is 4.79 Å². The summed E-state index contributed by atoms with van der Waals surface area (Å²) in [5.41, 5.74) is 1.34. The second kappa shape index (κ2) is 9.52. The van der Waals surface area contributed by atoms with Gasteiger partial charge in [0.15, 0.2) is 0 Å². The van der Waals surface area contributed by atoms with E-state index < -0.39 is 10.0 Å². The van der Waals surface area contributed by atoms with Crippen molar-refractivity contribution in [1.29, 1.82) is 0 Å². The van der Waals surface area contributed by atoms with Crippen molar-refractivity contribution in [3.63, 3.8) is 0 Å². The molecule has 0 atom stereocenters. The van der Waals surface area contributed by atoms with E-state index in [9.17, 15) is 13.2 Å². The van der Waals surface area contributed by atoms with E-state index >= 15 is 0 Å². The van der Waals surface area contributed by atoms with Crippen LogP contribution in [0.25, 0.3) is 0 Å². The Bertz CT molecular complexity index is 913. The molecule has 0 aliphatic carbocycles. The van der Waals surface area contributed by atoms with Crippen LogP contribution < -0.4 is 5.32 Å². The maximum absolute atomic E-state index is 12.9. The number of ether oxygens (including phenoxy) is 1. The molecule has 1 aliphatic heterocycles. The number of carbonyl (C=O) groups excluding carboxylic acids is 1. The van der Waals surface area contributed by atoms with Crippen LogP contribution in [0.2, 0.25) is 5.02 Å². The molecule has 1 fully saturated rings. The molecule has 1 N–H and O–H groups in total. The third-order valence-electron chi connectivity index (χ3n) is 4.49. The van der Waals surface area contributed by atoms with Gasteiger partial charge < -0.3 is 10.1 Å². The minimum atomic E-state index is -3.69. The van der Waals surface area contributed by atoms with E-state index in [1.54, 1.807) is 6.07 Å². The highest BCUT2D eigenvalue weighted by molar-refractivity contribution is 7.89. The molecule has 0 unspecified atom stereocenters. The first-order valence-corrected chi connectivity index (χ1v) is 11.0. The van der Waals surface area contributed by atoms with Crippen molar-refractivity contribution < 1.29 is 17.9 Å². The predicted molar refractivity (Wildman–Crippen MR) is 109 cm³/mol. The molecule has 2 aromatic carbocycles. The normalized spacial score (nSPS) is 15.3. The lowest BCUT2D eigenvalue weighted by molar-refractivity contribution is -0.121. The molecule has 0 radical (unpaired) electrons. The van der Waals surface area contributed by atoms with Crippen molar-refractivity contribution in [2.45, 2.75) is 30.8 Å². The van der Waals surface area contributed by atoms with Crippen LogP contribution in [0.3, 0.4) is 0 Å². The van der Waals surface area contributed by atoms with E-state index in [1.165, 1.54) is 16.4 Å². The van der Waals surface area contributed by atoms with E-state index in [2.05, 4.69) is 5.32 Å². The molecule has 1 amide bonds. The van der Waals surface area contributed by atoms with Gasteiger partial charge in [0.2, 0.25) is 15.9 Å². The highest BCUT2D eigenvalue weighted by Crippen LogP contribution is 2.29.